The van der Waals surface area contributed by atoms with E-state index in [-0.39, 0.29) is 31.1 Å². The Bertz CT molecular complexity index is 1380. The van der Waals surface area contributed by atoms with Crippen molar-refractivity contribution in [2.45, 2.75) is 361 Å². The number of carbonyl (C=O) groups excluding carboxylic acids is 3. The van der Waals surface area contributed by atoms with Crippen molar-refractivity contribution >= 4 is 17.9 Å². The van der Waals surface area contributed by atoms with Crippen LogP contribution in [0.5, 0.6) is 0 Å². The first-order valence-corrected chi connectivity index (χ1v) is 33.8. The van der Waals surface area contributed by atoms with Crippen LogP contribution < -0.4 is 0 Å². The lowest BCUT2D eigenvalue weighted by atomic mass is 10.0. The molecule has 6 heteroatoms. The Kier molecular flexibility index (Phi) is 63.2. The first kappa shape index (κ1) is 74.1. The summed E-state index contributed by atoms with van der Waals surface area (Å²) in [4.78, 5) is 38.2. The number of unbranched alkanes of at least 4 members (excludes halogenated alkanes) is 41. The lowest BCUT2D eigenvalue weighted by Crippen LogP contribution is -2.30. The summed E-state index contributed by atoms with van der Waals surface area (Å²) >= 11 is 0. The van der Waals surface area contributed by atoms with Gasteiger partial charge in [-0.25, -0.2) is 0 Å². The van der Waals surface area contributed by atoms with Crippen molar-refractivity contribution < 1.29 is 28.6 Å². The number of rotatable bonds is 62. The van der Waals surface area contributed by atoms with E-state index in [9.17, 15) is 14.4 Å². The molecule has 0 aromatic heterocycles. The summed E-state index contributed by atoms with van der Waals surface area (Å²) in [6.07, 6.45) is 84.0. The van der Waals surface area contributed by atoms with Gasteiger partial charge in [-0.2, -0.15) is 0 Å². The Morgan fingerprint density at radius 1 is 0.273 bits per heavy atom. The molecule has 448 valence electrons. The maximum Gasteiger partial charge on any atom is 0.306 e. The van der Waals surface area contributed by atoms with Gasteiger partial charge >= 0.3 is 17.9 Å². The summed E-state index contributed by atoms with van der Waals surface area (Å²) in [5, 5.41) is 0. The van der Waals surface area contributed by atoms with Crippen molar-refractivity contribution in [1.29, 1.82) is 0 Å². The minimum Gasteiger partial charge on any atom is -0.462 e. The number of hydrogen-bond donors (Lipinski definition) is 0. The summed E-state index contributed by atoms with van der Waals surface area (Å²) in [5.41, 5.74) is 0. The molecule has 0 aromatic carbocycles. The molecule has 0 radical (unpaired) electrons. The number of hydrogen-bond acceptors (Lipinski definition) is 6. The second kappa shape index (κ2) is 65.6. The third-order valence-electron chi connectivity index (χ3n) is 15.0. The predicted octanol–water partition coefficient (Wildman–Crippen LogP) is 23.1. The first-order valence-electron chi connectivity index (χ1n) is 33.8. The molecule has 0 fully saturated rings. The Balaban J connectivity index is 4.08. The van der Waals surface area contributed by atoms with Crippen molar-refractivity contribution in [2.75, 3.05) is 13.2 Å². The van der Waals surface area contributed by atoms with Gasteiger partial charge in [-0.15, -0.1) is 0 Å². The predicted molar refractivity (Wildman–Crippen MR) is 335 cm³/mol. The maximum atomic E-state index is 12.9. The SMILES string of the molecule is CC/C=C\C/C=C\C/C=C\C/C=C\CCCCCCCCCCCCCCCCCCCCCCC(=O)OCC(COC(=O)CCCCCCCCCCCCCC)OC(=O)CCCCCCC/C=C\CCCCCCC. The highest BCUT2D eigenvalue weighted by Gasteiger charge is 2.19. The van der Waals surface area contributed by atoms with Crippen LogP contribution in [0.4, 0.5) is 0 Å². The Labute approximate surface area is 479 Å². The Morgan fingerprint density at radius 3 is 0.805 bits per heavy atom. The number of allylic oxidation sites excluding steroid dienone is 10. The van der Waals surface area contributed by atoms with Gasteiger partial charge in [-0.05, 0) is 83.5 Å². The van der Waals surface area contributed by atoms with Crippen LogP contribution in [0, 0.1) is 0 Å². The summed E-state index contributed by atoms with van der Waals surface area (Å²) < 4.78 is 16.9. The molecule has 0 amide bonds. The van der Waals surface area contributed by atoms with E-state index >= 15 is 0 Å². The fourth-order valence-electron chi connectivity index (χ4n) is 9.96. The van der Waals surface area contributed by atoms with Crippen molar-refractivity contribution in [3.63, 3.8) is 0 Å². The monoisotopic (exact) mass is 1080 g/mol. The van der Waals surface area contributed by atoms with Crippen molar-refractivity contribution in [2.24, 2.45) is 0 Å². The van der Waals surface area contributed by atoms with Gasteiger partial charge in [-0.1, -0.05) is 313 Å². The standard InChI is InChI=1S/C71H128O6/c1-4-7-10-13-16-19-22-25-27-28-29-30-31-32-33-34-35-36-37-38-39-40-41-42-43-44-45-47-49-52-55-58-61-64-70(73)76-67-68(66-75-69(72)63-60-57-54-51-48-24-21-18-15-12-9-6-3)77-71(74)65-62-59-56-53-50-46-26-23-20-17-14-11-8-5-2/h7,10,16,19,23,25-27,29-30,68H,4-6,8-9,11-15,17-18,20-22,24,28,31-67H2,1-3H3/b10-7-,19-16-,26-23-,27-25-,30-29-. The molecule has 6 nitrogen and oxygen atoms in total. The van der Waals surface area contributed by atoms with Gasteiger partial charge in [0.2, 0.25) is 0 Å². The second-order valence-electron chi connectivity index (χ2n) is 22.7. The zero-order valence-electron chi connectivity index (χ0n) is 51.5. The highest BCUT2D eigenvalue weighted by molar-refractivity contribution is 5.71. The van der Waals surface area contributed by atoms with E-state index in [2.05, 4.69) is 81.5 Å². The van der Waals surface area contributed by atoms with Gasteiger partial charge in [-0.3, -0.25) is 14.4 Å². The van der Waals surface area contributed by atoms with Gasteiger partial charge in [0.15, 0.2) is 6.10 Å². The van der Waals surface area contributed by atoms with E-state index in [1.165, 1.54) is 225 Å². The van der Waals surface area contributed by atoms with Gasteiger partial charge < -0.3 is 14.2 Å². The second-order valence-corrected chi connectivity index (χ2v) is 22.7. The van der Waals surface area contributed by atoms with Crippen LogP contribution in [-0.2, 0) is 28.6 Å². The molecule has 0 aromatic rings. The summed E-state index contributed by atoms with van der Waals surface area (Å²) in [6.45, 7) is 6.55. The Morgan fingerprint density at radius 2 is 0.506 bits per heavy atom. The van der Waals surface area contributed by atoms with Crippen LogP contribution in [0.1, 0.15) is 355 Å². The van der Waals surface area contributed by atoms with Crippen LogP contribution in [-0.4, -0.2) is 37.2 Å². The van der Waals surface area contributed by atoms with Gasteiger partial charge in [0.05, 0.1) is 0 Å². The van der Waals surface area contributed by atoms with E-state index in [4.69, 9.17) is 14.2 Å². The molecule has 0 aliphatic heterocycles. The molecule has 1 atom stereocenters. The van der Waals surface area contributed by atoms with E-state index in [0.29, 0.717) is 19.3 Å². The number of ether oxygens (including phenoxy) is 3. The molecule has 1 unspecified atom stereocenters. The molecule has 0 aliphatic carbocycles. The maximum absolute atomic E-state index is 12.9. The zero-order chi connectivity index (χ0) is 55.7. The summed E-state index contributed by atoms with van der Waals surface area (Å²) in [7, 11) is 0. The largest absolute Gasteiger partial charge is 0.462 e. The minimum absolute atomic E-state index is 0.0712. The number of esters is 3. The quantitative estimate of drug-likeness (QED) is 0.0261. The molecular formula is C71H128O6. The molecular weight excluding hydrogens is 949 g/mol. The molecule has 0 bridgehead atoms. The van der Waals surface area contributed by atoms with E-state index in [0.717, 1.165) is 89.9 Å². The highest BCUT2D eigenvalue weighted by Crippen LogP contribution is 2.18. The van der Waals surface area contributed by atoms with Crippen LogP contribution in [0.25, 0.3) is 0 Å². The first-order chi connectivity index (χ1) is 38.0. The summed E-state index contributed by atoms with van der Waals surface area (Å²) in [6, 6.07) is 0. The molecule has 0 spiro atoms. The van der Waals surface area contributed by atoms with Crippen molar-refractivity contribution in [3.05, 3.63) is 60.8 Å². The topological polar surface area (TPSA) is 78.9 Å². The molecule has 0 rings (SSSR count). The van der Waals surface area contributed by atoms with E-state index < -0.39 is 6.10 Å². The normalized spacial score (nSPS) is 12.4. The third kappa shape index (κ3) is 63.8. The number of carbonyl (C=O) groups is 3. The lowest BCUT2D eigenvalue weighted by Gasteiger charge is -2.18. The van der Waals surface area contributed by atoms with Crippen LogP contribution in [0.3, 0.4) is 0 Å². The summed E-state index contributed by atoms with van der Waals surface area (Å²) in [5.74, 6) is -0.859. The molecule has 0 saturated carbocycles. The zero-order valence-corrected chi connectivity index (χ0v) is 51.5. The van der Waals surface area contributed by atoms with Crippen LogP contribution >= 0.6 is 0 Å². The molecule has 0 heterocycles. The average Bonchev–Trinajstić information content (AvgIpc) is 3.43. The van der Waals surface area contributed by atoms with Crippen LogP contribution in [0.2, 0.25) is 0 Å². The van der Waals surface area contributed by atoms with E-state index in [1.54, 1.807) is 0 Å². The fourth-order valence-corrected chi connectivity index (χ4v) is 9.96. The van der Waals surface area contributed by atoms with Gasteiger partial charge in [0, 0.05) is 19.3 Å². The van der Waals surface area contributed by atoms with Gasteiger partial charge in [0.25, 0.3) is 0 Å². The Hall–Kier alpha value is -2.89. The minimum atomic E-state index is -0.774. The smallest absolute Gasteiger partial charge is 0.306 e. The highest BCUT2D eigenvalue weighted by atomic mass is 16.6. The fraction of sp³-hybridized carbons (Fsp3) is 0.817. The van der Waals surface area contributed by atoms with Crippen LogP contribution in [0.15, 0.2) is 60.8 Å². The van der Waals surface area contributed by atoms with Crippen molar-refractivity contribution in [3.8, 4) is 0 Å². The third-order valence-corrected chi connectivity index (χ3v) is 15.0. The molecule has 0 saturated heterocycles. The molecule has 0 N–H and O–H groups in total. The molecule has 0 aliphatic rings. The molecule has 77 heavy (non-hydrogen) atoms. The van der Waals surface area contributed by atoms with Crippen molar-refractivity contribution in [1.82, 2.24) is 0 Å². The lowest BCUT2D eigenvalue weighted by molar-refractivity contribution is -0.167. The van der Waals surface area contributed by atoms with Gasteiger partial charge in [0.1, 0.15) is 13.2 Å². The average molecular weight is 1080 g/mol. The van der Waals surface area contributed by atoms with E-state index in [1.807, 2.05) is 0 Å².